The zero-order valence-corrected chi connectivity index (χ0v) is 13.9. The fourth-order valence-corrected chi connectivity index (χ4v) is 2.92. The van der Waals surface area contributed by atoms with E-state index in [4.69, 9.17) is 0 Å². The Hall–Kier alpha value is -2.41. The molecular formula is C17H23N5O2. The molecule has 0 spiro atoms. The molecule has 2 amide bonds. The lowest BCUT2D eigenvalue weighted by molar-refractivity contribution is -0.124. The molecule has 2 heterocycles. The first-order valence-corrected chi connectivity index (χ1v) is 8.36. The number of nitrogens with one attached hydrogen (secondary N) is 2. The molecule has 2 aliphatic rings. The molecule has 24 heavy (non-hydrogen) atoms. The molecule has 0 aliphatic carbocycles. The number of hydrogen-bond donors (Lipinski definition) is 2. The lowest BCUT2D eigenvalue weighted by atomic mass is 10.2. The summed E-state index contributed by atoms with van der Waals surface area (Å²) in [5.41, 5.74) is 0.723. The van der Waals surface area contributed by atoms with Crippen LogP contribution in [-0.4, -0.2) is 66.3 Å². The molecule has 0 aromatic heterocycles. The van der Waals surface area contributed by atoms with Crippen LogP contribution in [0.2, 0.25) is 0 Å². The van der Waals surface area contributed by atoms with E-state index < -0.39 is 6.04 Å². The van der Waals surface area contributed by atoms with E-state index in [1.807, 2.05) is 30.3 Å². The molecule has 1 aromatic rings. The first-order chi connectivity index (χ1) is 11.7. The lowest BCUT2D eigenvalue weighted by Crippen LogP contribution is -2.51. The highest BCUT2D eigenvalue weighted by molar-refractivity contribution is 6.07. The number of anilines is 1. The normalized spacial score (nSPS) is 21.4. The van der Waals surface area contributed by atoms with Crippen molar-refractivity contribution < 1.29 is 9.59 Å². The summed E-state index contributed by atoms with van der Waals surface area (Å²) in [7, 11) is 0. The molecule has 1 aromatic carbocycles. The van der Waals surface area contributed by atoms with Gasteiger partial charge in [-0.15, -0.1) is 0 Å². The molecule has 2 N–H and O–H groups in total. The summed E-state index contributed by atoms with van der Waals surface area (Å²) in [6, 6.07) is 8.57. The van der Waals surface area contributed by atoms with E-state index in [0.29, 0.717) is 5.96 Å². The average Bonchev–Trinajstić information content (AvgIpc) is 2.96. The van der Waals surface area contributed by atoms with E-state index in [1.54, 1.807) is 0 Å². The van der Waals surface area contributed by atoms with Crippen molar-refractivity contribution in [1.29, 1.82) is 0 Å². The molecule has 3 rings (SSSR count). The molecule has 0 saturated carbocycles. The van der Waals surface area contributed by atoms with Crippen molar-refractivity contribution >= 4 is 23.5 Å². The van der Waals surface area contributed by atoms with Crippen molar-refractivity contribution in [1.82, 2.24) is 15.1 Å². The van der Waals surface area contributed by atoms with Crippen LogP contribution in [0.4, 0.5) is 5.69 Å². The van der Waals surface area contributed by atoms with Gasteiger partial charge in [-0.1, -0.05) is 25.1 Å². The summed E-state index contributed by atoms with van der Waals surface area (Å²) in [5, 5.41) is 5.60. The molecule has 7 nitrogen and oxygen atoms in total. The van der Waals surface area contributed by atoms with Crippen LogP contribution < -0.4 is 10.6 Å². The smallest absolute Gasteiger partial charge is 0.252 e. The van der Waals surface area contributed by atoms with Gasteiger partial charge < -0.3 is 15.1 Å². The van der Waals surface area contributed by atoms with E-state index >= 15 is 0 Å². The van der Waals surface area contributed by atoms with Crippen LogP contribution in [-0.2, 0) is 9.59 Å². The number of aliphatic imine (C=N–C) groups is 1. The second kappa shape index (κ2) is 7.44. The average molecular weight is 329 g/mol. The van der Waals surface area contributed by atoms with Crippen molar-refractivity contribution in [3.63, 3.8) is 0 Å². The highest BCUT2D eigenvalue weighted by atomic mass is 16.2. The van der Waals surface area contributed by atoms with E-state index in [1.165, 1.54) is 0 Å². The summed E-state index contributed by atoms with van der Waals surface area (Å²) >= 11 is 0. The number of carbonyl (C=O) groups is 2. The Morgan fingerprint density at radius 1 is 1.25 bits per heavy atom. The Kier molecular flexibility index (Phi) is 5.10. The van der Waals surface area contributed by atoms with Gasteiger partial charge in [0, 0.05) is 31.9 Å². The van der Waals surface area contributed by atoms with Gasteiger partial charge in [-0.05, 0) is 18.7 Å². The fourth-order valence-electron chi connectivity index (χ4n) is 2.92. The molecule has 0 radical (unpaired) electrons. The van der Waals surface area contributed by atoms with Crippen LogP contribution in [0.25, 0.3) is 0 Å². The minimum atomic E-state index is -0.645. The van der Waals surface area contributed by atoms with Crippen LogP contribution in [0.15, 0.2) is 35.3 Å². The Balaban J connectivity index is 1.55. The Morgan fingerprint density at radius 3 is 2.62 bits per heavy atom. The van der Waals surface area contributed by atoms with Gasteiger partial charge in [-0.2, -0.15) is 0 Å². The predicted molar refractivity (Wildman–Crippen MR) is 92.7 cm³/mol. The standard InChI is InChI=1S/C17H23N5O2/c1-2-21-8-10-22(11-9-21)17-19-14(16(24)20-17)12-15(23)18-13-6-4-3-5-7-13/h3-7,14H,2,8-12H2,1H3,(H,18,23)(H,19,20,24)/t14-/m0/s1. The lowest BCUT2D eigenvalue weighted by Gasteiger charge is -2.34. The second-order valence-electron chi connectivity index (χ2n) is 6.00. The predicted octanol–water partition coefficient (Wildman–Crippen LogP) is 0.507. The third-order valence-electron chi connectivity index (χ3n) is 4.37. The van der Waals surface area contributed by atoms with Crippen LogP contribution in [0.3, 0.4) is 0 Å². The zero-order chi connectivity index (χ0) is 16.9. The van der Waals surface area contributed by atoms with Crippen LogP contribution >= 0.6 is 0 Å². The third kappa shape index (κ3) is 3.91. The van der Waals surface area contributed by atoms with Crippen LogP contribution in [0.1, 0.15) is 13.3 Å². The number of piperazine rings is 1. The number of guanidine groups is 1. The van der Waals surface area contributed by atoms with Gasteiger partial charge in [-0.25, -0.2) is 4.99 Å². The van der Waals surface area contributed by atoms with Crippen molar-refractivity contribution in [2.45, 2.75) is 19.4 Å². The highest BCUT2D eigenvalue weighted by Gasteiger charge is 2.32. The molecule has 128 valence electrons. The molecule has 1 fully saturated rings. The van der Waals surface area contributed by atoms with E-state index in [0.717, 1.165) is 38.4 Å². The first kappa shape index (κ1) is 16.4. The molecule has 1 saturated heterocycles. The number of para-hydroxylation sites is 1. The summed E-state index contributed by atoms with van der Waals surface area (Å²) in [4.78, 5) is 33.1. The molecular weight excluding hydrogens is 306 g/mol. The van der Waals surface area contributed by atoms with Crippen LogP contribution in [0.5, 0.6) is 0 Å². The maximum absolute atomic E-state index is 12.1. The van der Waals surface area contributed by atoms with Crippen LogP contribution in [0, 0.1) is 0 Å². The Bertz CT molecular complexity index is 623. The Morgan fingerprint density at radius 2 is 1.96 bits per heavy atom. The summed E-state index contributed by atoms with van der Waals surface area (Å²) in [5.74, 6) is 0.196. The van der Waals surface area contributed by atoms with Gasteiger partial charge in [-0.3, -0.25) is 14.9 Å². The summed E-state index contributed by atoms with van der Waals surface area (Å²) < 4.78 is 0. The number of nitrogens with zero attached hydrogens (tertiary/aromatic N) is 3. The quantitative estimate of drug-likeness (QED) is 0.844. The molecule has 0 unspecified atom stereocenters. The number of carbonyl (C=O) groups excluding carboxylic acids is 2. The number of rotatable bonds is 4. The number of amides is 2. The highest BCUT2D eigenvalue weighted by Crippen LogP contribution is 2.12. The minimum absolute atomic E-state index is 0.0547. The minimum Gasteiger partial charge on any atom is -0.340 e. The van der Waals surface area contributed by atoms with Crippen molar-refractivity contribution in [2.75, 3.05) is 38.0 Å². The molecule has 2 aliphatic heterocycles. The third-order valence-corrected chi connectivity index (χ3v) is 4.37. The monoisotopic (exact) mass is 329 g/mol. The second-order valence-corrected chi connectivity index (χ2v) is 6.00. The Labute approximate surface area is 141 Å². The van der Waals surface area contributed by atoms with Gasteiger partial charge in [0.2, 0.25) is 11.9 Å². The molecule has 7 heteroatoms. The van der Waals surface area contributed by atoms with Gasteiger partial charge >= 0.3 is 0 Å². The van der Waals surface area contributed by atoms with Crippen molar-refractivity contribution in [3.05, 3.63) is 30.3 Å². The van der Waals surface area contributed by atoms with E-state index in [2.05, 4.69) is 32.3 Å². The van der Waals surface area contributed by atoms with Gasteiger partial charge in [0.25, 0.3) is 5.91 Å². The molecule has 1 atom stereocenters. The SMILES string of the molecule is CCN1CCN(C2=N[C@@H](CC(=O)Nc3ccccc3)C(=O)N2)CC1. The van der Waals surface area contributed by atoms with Gasteiger partial charge in [0.05, 0.1) is 6.42 Å². The molecule has 0 bridgehead atoms. The number of hydrogen-bond acceptors (Lipinski definition) is 5. The maximum Gasteiger partial charge on any atom is 0.252 e. The van der Waals surface area contributed by atoms with E-state index in [-0.39, 0.29) is 18.2 Å². The van der Waals surface area contributed by atoms with Gasteiger partial charge in [0.1, 0.15) is 6.04 Å². The number of benzene rings is 1. The maximum atomic E-state index is 12.1. The largest absolute Gasteiger partial charge is 0.340 e. The van der Waals surface area contributed by atoms with Gasteiger partial charge in [0.15, 0.2) is 0 Å². The van der Waals surface area contributed by atoms with Crippen molar-refractivity contribution in [2.24, 2.45) is 4.99 Å². The topological polar surface area (TPSA) is 77.0 Å². The summed E-state index contributed by atoms with van der Waals surface area (Å²) in [6.07, 6.45) is 0.0547. The number of likely N-dealkylation sites (N-methyl/N-ethyl adjacent to an activating group) is 1. The fraction of sp³-hybridized carbons (Fsp3) is 0.471. The van der Waals surface area contributed by atoms with E-state index in [9.17, 15) is 9.59 Å². The zero-order valence-electron chi connectivity index (χ0n) is 13.9. The van der Waals surface area contributed by atoms with Crippen molar-refractivity contribution in [3.8, 4) is 0 Å². The first-order valence-electron chi connectivity index (χ1n) is 8.36. The summed E-state index contributed by atoms with van der Waals surface area (Å²) in [6.45, 7) is 6.79.